The second-order valence-corrected chi connectivity index (χ2v) is 5.34. The highest BCUT2D eigenvalue weighted by molar-refractivity contribution is 5.97. The van der Waals surface area contributed by atoms with E-state index in [0.29, 0.717) is 11.4 Å². The first-order valence-electron chi connectivity index (χ1n) is 7.25. The summed E-state index contributed by atoms with van der Waals surface area (Å²) in [5.41, 5.74) is 5.77. The first kappa shape index (κ1) is 14.8. The number of rotatable bonds is 5. The van der Waals surface area contributed by atoms with Crippen LogP contribution in [0.3, 0.4) is 0 Å². The lowest BCUT2D eigenvalue weighted by Gasteiger charge is -2.40. The molecule has 0 bridgehead atoms. The molecule has 1 unspecified atom stereocenters. The third kappa shape index (κ3) is 3.10. The summed E-state index contributed by atoms with van der Waals surface area (Å²) < 4.78 is 5.96. The second-order valence-electron chi connectivity index (χ2n) is 5.34. The number of carbonyl (C=O) groups is 1. The first-order chi connectivity index (χ1) is 9.60. The molecule has 0 aromatic carbocycles. The Bertz CT molecular complexity index is 472. The Balaban J connectivity index is 2.12. The average Bonchev–Trinajstić information content (AvgIpc) is 2.47. The highest BCUT2D eigenvalue weighted by atomic mass is 16.5. The van der Waals surface area contributed by atoms with E-state index in [-0.39, 0.29) is 11.6 Å². The largest absolute Gasteiger partial charge is 0.375 e. The normalized spacial score (nSPS) is 21.4. The van der Waals surface area contributed by atoms with E-state index >= 15 is 0 Å². The van der Waals surface area contributed by atoms with E-state index in [9.17, 15) is 4.79 Å². The molecule has 0 radical (unpaired) electrons. The van der Waals surface area contributed by atoms with Crippen molar-refractivity contribution in [3.05, 3.63) is 23.9 Å². The van der Waals surface area contributed by atoms with Crippen LogP contribution in [-0.4, -0.2) is 29.1 Å². The van der Waals surface area contributed by atoms with Crippen molar-refractivity contribution in [2.24, 2.45) is 5.73 Å². The number of aromatic nitrogens is 1. The maximum atomic E-state index is 11.4. The number of amides is 1. The minimum absolute atomic E-state index is 0.0580. The quantitative estimate of drug-likeness (QED) is 0.866. The van der Waals surface area contributed by atoms with E-state index in [4.69, 9.17) is 10.5 Å². The van der Waals surface area contributed by atoms with Gasteiger partial charge in [0.15, 0.2) is 0 Å². The van der Waals surface area contributed by atoms with Gasteiger partial charge in [-0.1, -0.05) is 13.8 Å². The van der Waals surface area contributed by atoms with Gasteiger partial charge < -0.3 is 15.8 Å². The van der Waals surface area contributed by atoms with Crippen LogP contribution in [0, 0.1) is 0 Å². The van der Waals surface area contributed by atoms with Gasteiger partial charge in [-0.3, -0.25) is 4.79 Å². The van der Waals surface area contributed by atoms with Gasteiger partial charge in [-0.25, -0.2) is 4.98 Å². The Morgan fingerprint density at radius 2 is 2.30 bits per heavy atom. The molecular formula is C15H23N3O2. The van der Waals surface area contributed by atoms with E-state index in [1.54, 1.807) is 18.3 Å². The summed E-state index contributed by atoms with van der Waals surface area (Å²) >= 11 is 0. The Morgan fingerprint density at radius 1 is 1.55 bits per heavy atom. The van der Waals surface area contributed by atoms with Crippen LogP contribution < -0.4 is 11.1 Å². The predicted octanol–water partition coefficient (Wildman–Crippen LogP) is 2.33. The third-order valence-electron chi connectivity index (χ3n) is 4.20. The van der Waals surface area contributed by atoms with Crippen LogP contribution in [0.2, 0.25) is 0 Å². The number of anilines is 1. The van der Waals surface area contributed by atoms with Crippen LogP contribution in [0.4, 0.5) is 5.82 Å². The summed E-state index contributed by atoms with van der Waals surface area (Å²) in [6.45, 7) is 5.04. The van der Waals surface area contributed by atoms with E-state index in [0.717, 1.165) is 32.3 Å². The molecule has 1 aliphatic heterocycles. The van der Waals surface area contributed by atoms with Crippen molar-refractivity contribution in [3.63, 3.8) is 0 Å². The van der Waals surface area contributed by atoms with E-state index in [1.807, 2.05) is 0 Å². The Labute approximate surface area is 119 Å². The number of hydrogen-bond acceptors (Lipinski definition) is 4. The molecule has 5 nitrogen and oxygen atoms in total. The molecule has 110 valence electrons. The molecule has 0 spiro atoms. The monoisotopic (exact) mass is 277 g/mol. The van der Waals surface area contributed by atoms with Gasteiger partial charge in [0, 0.05) is 18.8 Å². The van der Waals surface area contributed by atoms with Gasteiger partial charge in [0.05, 0.1) is 11.2 Å². The first-order valence-corrected chi connectivity index (χ1v) is 7.25. The van der Waals surface area contributed by atoms with Gasteiger partial charge in [-0.05, 0) is 37.8 Å². The minimum atomic E-state index is -0.454. The molecule has 2 heterocycles. The van der Waals surface area contributed by atoms with Gasteiger partial charge in [0.25, 0.3) is 5.91 Å². The molecule has 1 atom stereocenters. The third-order valence-corrected chi connectivity index (χ3v) is 4.20. The number of ether oxygens (including phenoxy) is 1. The van der Waals surface area contributed by atoms with Crippen molar-refractivity contribution < 1.29 is 9.53 Å². The SMILES string of the molecule is CCC1(CC)CC(Nc2ncccc2C(N)=O)CCO1. The molecule has 1 amide bonds. The topological polar surface area (TPSA) is 77.2 Å². The number of pyridine rings is 1. The highest BCUT2D eigenvalue weighted by Gasteiger charge is 2.34. The van der Waals surface area contributed by atoms with E-state index < -0.39 is 5.91 Å². The lowest BCUT2D eigenvalue weighted by atomic mass is 9.86. The molecule has 1 aromatic rings. The Hall–Kier alpha value is -1.62. The van der Waals surface area contributed by atoms with Gasteiger partial charge in [-0.15, -0.1) is 0 Å². The minimum Gasteiger partial charge on any atom is -0.375 e. The average molecular weight is 277 g/mol. The maximum absolute atomic E-state index is 11.4. The number of hydrogen-bond donors (Lipinski definition) is 2. The summed E-state index contributed by atoms with van der Waals surface area (Å²) in [4.78, 5) is 15.7. The molecule has 2 rings (SSSR count). The number of nitrogens with two attached hydrogens (primary N) is 1. The van der Waals surface area contributed by atoms with Crippen LogP contribution in [0.5, 0.6) is 0 Å². The molecule has 3 N–H and O–H groups in total. The van der Waals surface area contributed by atoms with E-state index in [2.05, 4.69) is 24.1 Å². The molecule has 1 aromatic heterocycles. The fourth-order valence-electron chi connectivity index (χ4n) is 2.81. The summed E-state index contributed by atoms with van der Waals surface area (Å²) in [7, 11) is 0. The van der Waals surface area contributed by atoms with Crippen LogP contribution >= 0.6 is 0 Å². The zero-order valence-corrected chi connectivity index (χ0v) is 12.2. The van der Waals surface area contributed by atoms with Crippen molar-refractivity contribution in [1.82, 2.24) is 4.98 Å². The Morgan fingerprint density at radius 3 is 2.95 bits per heavy atom. The molecule has 1 aliphatic rings. The number of carbonyl (C=O) groups excluding carboxylic acids is 1. The summed E-state index contributed by atoms with van der Waals surface area (Å²) in [6, 6.07) is 3.68. The fraction of sp³-hybridized carbons (Fsp3) is 0.600. The van der Waals surface area contributed by atoms with Crippen LogP contribution in [0.25, 0.3) is 0 Å². The molecule has 1 fully saturated rings. The molecule has 0 aliphatic carbocycles. The van der Waals surface area contributed by atoms with E-state index in [1.165, 1.54) is 0 Å². The maximum Gasteiger partial charge on any atom is 0.252 e. The van der Waals surface area contributed by atoms with Crippen molar-refractivity contribution in [3.8, 4) is 0 Å². The lowest BCUT2D eigenvalue weighted by Crippen LogP contribution is -2.44. The lowest BCUT2D eigenvalue weighted by molar-refractivity contribution is -0.0864. The Kier molecular flexibility index (Phi) is 4.60. The van der Waals surface area contributed by atoms with Crippen molar-refractivity contribution >= 4 is 11.7 Å². The standard InChI is InChI=1S/C15H23N3O2/c1-3-15(4-2)10-11(7-9-20-15)18-14-12(13(16)19)6-5-8-17-14/h5-6,8,11H,3-4,7,9-10H2,1-2H3,(H2,16,19)(H,17,18). The number of nitrogens with zero attached hydrogens (tertiary/aromatic N) is 1. The van der Waals surface area contributed by atoms with Crippen molar-refractivity contribution in [2.75, 3.05) is 11.9 Å². The van der Waals surface area contributed by atoms with Crippen LogP contribution in [-0.2, 0) is 4.74 Å². The summed E-state index contributed by atoms with van der Waals surface area (Å²) in [6.07, 6.45) is 5.49. The summed E-state index contributed by atoms with van der Waals surface area (Å²) in [5, 5.41) is 3.36. The molecule has 20 heavy (non-hydrogen) atoms. The molecule has 0 saturated carbocycles. The van der Waals surface area contributed by atoms with Crippen LogP contribution in [0.1, 0.15) is 49.9 Å². The smallest absolute Gasteiger partial charge is 0.252 e. The molecular weight excluding hydrogens is 254 g/mol. The van der Waals surface area contributed by atoms with Gasteiger partial charge in [0.2, 0.25) is 0 Å². The van der Waals surface area contributed by atoms with Gasteiger partial charge in [0.1, 0.15) is 5.82 Å². The molecule has 1 saturated heterocycles. The van der Waals surface area contributed by atoms with Crippen molar-refractivity contribution in [2.45, 2.75) is 51.2 Å². The van der Waals surface area contributed by atoms with Gasteiger partial charge in [-0.2, -0.15) is 0 Å². The number of nitrogens with one attached hydrogen (secondary N) is 1. The zero-order valence-electron chi connectivity index (χ0n) is 12.2. The van der Waals surface area contributed by atoms with Gasteiger partial charge >= 0.3 is 0 Å². The highest BCUT2D eigenvalue weighted by Crippen LogP contribution is 2.32. The van der Waals surface area contributed by atoms with Crippen molar-refractivity contribution in [1.29, 1.82) is 0 Å². The number of primary amides is 1. The summed E-state index contributed by atoms with van der Waals surface area (Å²) in [5.74, 6) is 0.123. The molecule has 5 heteroatoms. The fourth-order valence-corrected chi connectivity index (χ4v) is 2.81. The van der Waals surface area contributed by atoms with Crippen LogP contribution in [0.15, 0.2) is 18.3 Å². The zero-order chi connectivity index (χ0) is 14.6. The second kappa shape index (κ2) is 6.22. The predicted molar refractivity (Wildman–Crippen MR) is 78.7 cm³/mol.